The van der Waals surface area contributed by atoms with Crippen LogP contribution in [0.15, 0.2) is 0 Å². The standard InChI is InChI=1S/C13H21N/c1-3-9-14-12(4-2)13-10-7-5-6-8-11(10)13/h2,10-14H,3,5-9H2,1H3. The average Bonchev–Trinajstić information content (AvgIpc) is 2.94. The maximum absolute atomic E-state index is 5.60. The molecule has 0 amide bonds. The van der Waals surface area contributed by atoms with Gasteiger partial charge >= 0.3 is 0 Å². The Morgan fingerprint density at radius 2 is 2.00 bits per heavy atom. The van der Waals surface area contributed by atoms with E-state index in [9.17, 15) is 0 Å². The third-order valence-corrected chi connectivity index (χ3v) is 3.90. The van der Waals surface area contributed by atoms with E-state index in [1.165, 1.54) is 32.1 Å². The predicted octanol–water partition coefficient (Wildman–Crippen LogP) is 2.42. The summed E-state index contributed by atoms with van der Waals surface area (Å²) in [6.45, 7) is 3.27. The molecule has 1 heteroatoms. The Bertz CT molecular complexity index is 216. The van der Waals surface area contributed by atoms with Crippen LogP contribution in [0.5, 0.6) is 0 Å². The lowest BCUT2D eigenvalue weighted by atomic mass is 10.0. The highest BCUT2D eigenvalue weighted by Crippen LogP contribution is 2.56. The maximum Gasteiger partial charge on any atom is 0.0721 e. The first-order chi connectivity index (χ1) is 6.88. The minimum atomic E-state index is 0.364. The number of terminal acetylenes is 1. The van der Waals surface area contributed by atoms with Crippen LogP contribution < -0.4 is 5.32 Å². The SMILES string of the molecule is C#CC(NCCC)C1C2CCCCC21. The Kier molecular flexibility index (Phi) is 3.13. The third-order valence-electron chi connectivity index (χ3n) is 3.90. The fourth-order valence-electron chi connectivity index (χ4n) is 3.15. The largest absolute Gasteiger partial charge is 0.303 e. The number of hydrogen-bond donors (Lipinski definition) is 1. The molecule has 0 aromatic heterocycles. The van der Waals surface area contributed by atoms with E-state index < -0.39 is 0 Å². The van der Waals surface area contributed by atoms with Gasteiger partial charge in [0, 0.05) is 0 Å². The topological polar surface area (TPSA) is 12.0 Å². The number of fused-ring (bicyclic) bond motifs is 1. The van der Waals surface area contributed by atoms with E-state index >= 15 is 0 Å². The van der Waals surface area contributed by atoms with Gasteiger partial charge in [-0.2, -0.15) is 0 Å². The summed E-state index contributed by atoms with van der Waals surface area (Å²) in [6.07, 6.45) is 12.5. The number of nitrogens with one attached hydrogen (secondary N) is 1. The van der Waals surface area contributed by atoms with Crippen LogP contribution in [0.2, 0.25) is 0 Å². The summed E-state index contributed by atoms with van der Waals surface area (Å²) in [6, 6.07) is 0.364. The molecule has 2 aliphatic carbocycles. The highest BCUT2D eigenvalue weighted by Gasteiger charge is 2.53. The van der Waals surface area contributed by atoms with E-state index in [2.05, 4.69) is 18.2 Å². The third kappa shape index (κ3) is 1.81. The zero-order valence-corrected chi connectivity index (χ0v) is 9.13. The predicted molar refractivity (Wildman–Crippen MR) is 59.9 cm³/mol. The average molecular weight is 191 g/mol. The van der Waals surface area contributed by atoms with Gasteiger partial charge in [-0.25, -0.2) is 0 Å². The van der Waals surface area contributed by atoms with Crippen molar-refractivity contribution in [2.45, 2.75) is 45.1 Å². The molecule has 2 aliphatic rings. The molecule has 78 valence electrons. The van der Waals surface area contributed by atoms with Crippen LogP contribution >= 0.6 is 0 Å². The summed E-state index contributed by atoms with van der Waals surface area (Å²) >= 11 is 0. The molecule has 14 heavy (non-hydrogen) atoms. The van der Waals surface area contributed by atoms with E-state index in [1.807, 2.05) is 0 Å². The van der Waals surface area contributed by atoms with Crippen LogP contribution in [0.25, 0.3) is 0 Å². The molecule has 2 saturated carbocycles. The Morgan fingerprint density at radius 3 is 2.50 bits per heavy atom. The van der Waals surface area contributed by atoms with Crippen LogP contribution in [-0.4, -0.2) is 12.6 Å². The number of hydrogen-bond acceptors (Lipinski definition) is 1. The summed E-state index contributed by atoms with van der Waals surface area (Å²) in [5, 5.41) is 3.50. The summed E-state index contributed by atoms with van der Waals surface area (Å²) in [5.41, 5.74) is 0. The second kappa shape index (κ2) is 4.36. The van der Waals surface area contributed by atoms with Crippen LogP contribution in [0.3, 0.4) is 0 Å². The molecule has 2 fully saturated rings. The van der Waals surface area contributed by atoms with Gasteiger partial charge in [0.2, 0.25) is 0 Å². The molecular weight excluding hydrogens is 170 g/mol. The minimum Gasteiger partial charge on any atom is -0.303 e. The van der Waals surface area contributed by atoms with E-state index in [4.69, 9.17) is 6.42 Å². The van der Waals surface area contributed by atoms with Crippen LogP contribution in [-0.2, 0) is 0 Å². The van der Waals surface area contributed by atoms with Crippen molar-refractivity contribution >= 4 is 0 Å². The van der Waals surface area contributed by atoms with Crippen molar-refractivity contribution < 1.29 is 0 Å². The fourth-order valence-corrected chi connectivity index (χ4v) is 3.15. The van der Waals surface area contributed by atoms with E-state index in [0.717, 1.165) is 24.3 Å². The maximum atomic E-state index is 5.60. The first-order valence-corrected chi connectivity index (χ1v) is 6.08. The van der Waals surface area contributed by atoms with E-state index in [1.54, 1.807) is 0 Å². The van der Waals surface area contributed by atoms with Crippen molar-refractivity contribution in [2.75, 3.05) is 6.54 Å². The number of rotatable bonds is 4. The van der Waals surface area contributed by atoms with Crippen molar-refractivity contribution in [1.29, 1.82) is 0 Å². The molecular formula is C13H21N. The molecule has 0 aromatic carbocycles. The molecule has 0 spiro atoms. The molecule has 3 unspecified atom stereocenters. The quantitative estimate of drug-likeness (QED) is 0.673. The molecule has 0 saturated heterocycles. The van der Waals surface area contributed by atoms with Gasteiger partial charge in [-0.15, -0.1) is 6.42 Å². The van der Waals surface area contributed by atoms with Crippen LogP contribution in [0, 0.1) is 30.1 Å². The Balaban J connectivity index is 1.85. The molecule has 0 aromatic rings. The lowest BCUT2D eigenvalue weighted by Crippen LogP contribution is -2.31. The van der Waals surface area contributed by atoms with Gasteiger partial charge in [0.1, 0.15) is 0 Å². The zero-order chi connectivity index (χ0) is 9.97. The molecule has 0 radical (unpaired) electrons. The van der Waals surface area contributed by atoms with Crippen molar-refractivity contribution in [1.82, 2.24) is 5.32 Å². The van der Waals surface area contributed by atoms with E-state index in [0.29, 0.717) is 6.04 Å². The van der Waals surface area contributed by atoms with Gasteiger partial charge in [-0.3, -0.25) is 0 Å². The fraction of sp³-hybridized carbons (Fsp3) is 0.846. The Morgan fingerprint density at radius 1 is 1.36 bits per heavy atom. The van der Waals surface area contributed by atoms with Gasteiger partial charge in [0.15, 0.2) is 0 Å². The van der Waals surface area contributed by atoms with Gasteiger partial charge < -0.3 is 5.32 Å². The second-order valence-corrected chi connectivity index (χ2v) is 4.79. The van der Waals surface area contributed by atoms with Crippen LogP contribution in [0.1, 0.15) is 39.0 Å². The Hall–Kier alpha value is -0.480. The van der Waals surface area contributed by atoms with Crippen molar-refractivity contribution in [2.24, 2.45) is 17.8 Å². The van der Waals surface area contributed by atoms with Crippen molar-refractivity contribution in [3.63, 3.8) is 0 Å². The molecule has 3 atom stereocenters. The highest BCUT2D eigenvalue weighted by atomic mass is 14.9. The second-order valence-electron chi connectivity index (χ2n) is 4.79. The summed E-state index contributed by atoms with van der Waals surface area (Å²) < 4.78 is 0. The molecule has 2 rings (SSSR count). The molecule has 1 nitrogen and oxygen atoms in total. The van der Waals surface area contributed by atoms with Crippen LogP contribution in [0.4, 0.5) is 0 Å². The van der Waals surface area contributed by atoms with Crippen molar-refractivity contribution in [3.8, 4) is 12.3 Å². The molecule has 1 N–H and O–H groups in total. The Labute approximate surface area is 87.7 Å². The lowest BCUT2D eigenvalue weighted by Gasteiger charge is -2.11. The first kappa shape index (κ1) is 10.1. The van der Waals surface area contributed by atoms with Gasteiger partial charge in [0.25, 0.3) is 0 Å². The smallest absolute Gasteiger partial charge is 0.0721 e. The van der Waals surface area contributed by atoms with Gasteiger partial charge in [-0.05, 0) is 43.6 Å². The monoisotopic (exact) mass is 191 g/mol. The summed E-state index contributed by atoms with van der Waals surface area (Å²) in [5.74, 6) is 5.69. The molecule has 0 bridgehead atoms. The molecule has 0 aliphatic heterocycles. The minimum absolute atomic E-state index is 0.364. The van der Waals surface area contributed by atoms with Crippen molar-refractivity contribution in [3.05, 3.63) is 0 Å². The normalized spacial score (nSPS) is 37.0. The first-order valence-electron chi connectivity index (χ1n) is 6.08. The zero-order valence-electron chi connectivity index (χ0n) is 9.13. The van der Waals surface area contributed by atoms with Gasteiger partial charge in [0.05, 0.1) is 6.04 Å². The van der Waals surface area contributed by atoms with E-state index in [-0.39, 0.29) is 0 Å². The summed E-state index contributed by atoms with van der Waals surface area (Å²) in [4.78, 5) is 0. The lowest BCUT2D eigenvalue weighted by molar-refractivity contribution is 0.480. The highest BCUT2D eigenvalue weighted by molar-refractivity contribution is 5.14. The summed E-state index contributed by atoms with van der Waals surface area (Å²) in [7, 11) is 0. The molecule has 0 heterocycles. The van der Waals surface area contributed by atoms with Gasteiger partial charge in [-0.1, -0.05) is 25.7 Å².